The second kappa shape index (κ2) is 4.44. The summed E-state index contributed by atoms with van der Waals surface area (Å²) in [7, 11) is 0. The minimum absolute atomic E-state index is 0.0361. The Morgan fingerprint density at radius 1 is 1.00 bits per heavy atom. The molecular formula is C17H19N3. The van der Waals surface area contributed by atoms with Crippen LogP contribution in [0.5, 0.6) is 0 Å². The summed E-state index contributed by atoms with van der Waals surface area (Å²) in [5.41, 5.74) is 4.19. The fraction of sp³-hybridized carbons (Fsp3) is 0.294. The predicted molar refractivity (Wildman–Crippen MR) is 82.3 cm³/mol. The van der Waals surface area contributed by atoms with E-state index < -0.39 is 0 Å². The van der Waals surface area contributed by atoms with Crippen LogP contribution in [0.2, 0.25) is 0 Å². The first-order valence-corrected chi connectivity index (χ1v) is 6.88. The third kappa shape index (κ3) is 2.09. The summed E-state index contributed by atoms with van der Waals surface area (Å²) >= 11 is 0. The molecule has 3 rings (SSSR count). The minimum atomic E-state index is -0.0361. The molecule has 2 aromatic heterocycles. The average molecular weight is 265 g/mol. The van der Waals surface area contributed by atoms with Crippen LogP contribution in [0.4, 0.5) is 0 Å². The van der Waals surface area contributed by atoms with Crippen LogP contribution in [-0.2, 0) is 5.41 Å². The number of hydrogen-bond acceptors (Lipinski definition) is 2. The summed E-state index contributed by atoms with van der Waals surface area (Å²) < 4.78 is 2.16. The standard InChI is InChI=1S/C17H19N3/c1-12-7-9-13(10-8-12)20-15-14(6-5-11-18-15)19-16(20)17(2,3)4/h5-11H,1-4H3. The van der Waals surface area contributed by atoms with Gasteiger partial charge in [-0.15, -0.1) is 0 Å². The van der Waals surface area contributed by atoms with E-state index in [0.29, 0.717) is 0 Å². The number of aromatic nitrogens is 3. The molecule has 2 heterocycles. The van der Waals surface area contributed by atoms with E-state index in [1.165, 1.54) is 5.56 Å². The van der Waals surface area contributed by atoms with Gasteiger partial charge in [-0.25, -0.2) is 9.97 Å². The van der Waals surface area contributed by atoms with E-state index in [2.05, 4.69) is 61.5 Å². The van der Waals surface area contributed by atoms with E-state index in [9.17, 15) is 0 Å². The van der Waals surface area contributed by atoms with Gasteiger partial charge in [0.15, 0.2) is 5.65 Å². The van der Waals surface area contributed by atoms with Crippen LogP contribution < -0.4 is 0 Å². The Morgan fingerprint density at radius 3 is 2.35 bits per heavy atom. The van der Waals surface area contributed by atoms with E-state index in [1.54, 1.807) is 0 Å². The molecule has 0 bridgehead atoms. The van der Waals surface area contributed by atoms with Gasteiger partial charge in [0.1, 0.15) is 11.3 Å². The zero-order valence-corrected chi connectivity index (χ0v) is 12.4. The van der Waals surface area contributed by atoms with Crippen LogP contribution in [0.25, 0.3) is 16.9 Å². The van der Waals surface area contributed by atoms with Crippen molar-refractivity contribution in [1.29, 1.82) is 0 Å². The smallest absolute Gasteiger partial charge is 0.164 e. The van der Waals surface area contributed by atoms with Crippen molar-refractivity contribution in [1.82, 2.24) is 14.5 Å². The molecule has 0 fully saturated rings. The summed E-state index contributed by atoms with van der Waals surface area (Å²) in [6.07, 6.45) is 1.82. The molecule has 0 aliphatic heterocycles. The number of benzene rings is 1. The van der Waals surface area contributed by atoms with Crippen molar-refractivity contribution >= 4 is 11.2 Å². The van der Waals surface area contributed by atoms with Crippen LogP contribution in [-0.4, -0.2) is 14.5 Å². The van der Waals surface area contributed by atoms with Gasteiger partial charge in [-0.05, 0) is 31.2 Å². The fourth-order valence-corrected chi connectivity index (χ4v) is 2.35. The predicted octanol–water partition coefficient (Wildman–Crippen LogP) is 4.03. The van der Waals surface area contributed by atoms with E-state index in [-0.39, 0.29) is 5.41 Å². The Bertz CT molecular complexity index is 746. The zero-order valence-electron chi connectivity index (χ0n) is 12.4. The molecule has 0 N–H and O–H groups in total. The molecule has 3 heteroatoms. The maximum absolute atomic E-state index is 4.78. The van der Waals surface area contributed by atoms with Gasteiger partial charge >= 0.3 is 0 Å². The Kier molecular flexibility index (Phi) is 2.85. The number of nitrogens with zero attached hydrogens (tertiary/aromatic N) is 3. The van der Waals surface area contributed by atoms with Crippen molar-refractivity contribution in [3.05, 3.63) is 54.0 Å². The van der Waals surface area contributed by atoms with Crippen molar-refractivity contribution < 1.29 is 0 Å². The molecule has 20 heavy (non-hydrogen) atoms. The monoisotopic (exact) mass is 265 g/mol. The summed E-state index contributed by atoms with van der Waals surface area (Å²) in [6.45, 7) is 8.63. The number of fused-ring (bicyclic) bond motifs is 1. The van der Waals surface area contributed by atoms with Crippen LogP contribution in [0.1, 0.15) is 32.2 Å². The van der Waals surface area contributed by atoms with Gasteiger partial charge in [0.2, 0.25) is 0 Å². The quantitative estimate of drug-likeness (QED) is 0.665. The van der Waals surface area contributed by atoms with Crippen LogP contribution in [0.15, 0.2) is 42.6 Å². The highest BCUT2D eigenvalue weighted by atomic mass is 15.1. The molecule has 102 valence electrons. The molecule has 0 unspecified atom stereocenters. The molecule has 0 saturated heterocycles. The SMILES string of the molecule is Cc1ccc(-n2c(C(C)(C)C)nc3cccnc32)cc1. The first kappa shape index (κ1) is 12.9. The highest BCUT2D eigenvalue weighted by Crippen LogP contribution is 2.28. The molecule has 1 aromatic carbocycles. The number of aryl methyl sites for hydroxylation is 1. The van der Waals surface area contributed by atoms with Gasteiger partial charge in [-0.3, -0.25) is 4.57 Å². The molecule has 0 aliphatic carbocycles. The first-order chi connectivity index (χ1) is 9.47. The van der Waals surface area contributed by atoms with E-state index >= 15 is 0 Å². The van der Waals surface area contributed by atoms with Crippen molar-refractivity contribution in [3.8, 4) is 5.69 Å². The molecule has 0 saturated carbocycles. The highest BCUT2D eigenvalue weighted by Gasteiger charge is 2.24. The summed E-state index contributed by atoms with van der Waals surface area (Å²) in [6, 6.07) is 12.4. The normalized spacial score (nSPS) is 12.0. The third-order valence-electron chi connectivity index (χ3n) is 3.38. The third-order valence-corrected chi connectivity index (χ3v) is 3.38. The minimum Gasteiger partial charge on any atom is -0.280 e. The largest absolute Gasteiger partial charge is 0.280 e. The highest BCUT2D eigenvalue weighted by molar-refractivity contribution is 5.74. The lowest BCUT2D eigenvalue weighted by Gasteiger charge is -2.20. The van der Waals surface area contributed by atoms with Gasteiger partial charge in [-0.1, -0.05) is 38.5 Å². The van der Waals surface area contributed by atoms with Crippen molar-refractivity contribution in [2.24, 2.45) is 0 Å². The number of imidazole rings is 1. The zero-order chi connectivity index (χ0) is 14.3. The molecule has 0 amide bonds. The molecule has 3 aromatic rings. The second-order valence-electron chi connectivity index (χ2n) is 6.20. The van der Waals surface area contributed by atoms with Gasteiger partial charge in [0, 0.05) is 17.3 Å². The van der Waals surface area contributed by atoms with Gasteiger partial charge in [-0.2, -0.15) is 0 Å². The van der Waals surface area contributed by atoms with Gasteiger partial charge in [0.25, 0.3) is 0 Å². The molecule has 3 nitrogen and oxygen atoms in total. The van der Waals surface area contributed by atoms with Crippen molar-refractivity contribution in [2.45, 2.75) is 33.1 Å². The molecule has 0 atom stereocenters. The Morgan fingerprint density at radius 2 is 1.70 bits per heavy atom. The van der Waals surface area contributed by atoms with Gasteiger partial charge in [0.05, 0.1) is 0 Å². The summed E-state index contributed by atoms with van der Waals surface area (Å²) in [4.78, 5) is 9.30. The lowest BCUT2D eigenvalue weighted by atomic mass is 9.95. The molecule has 0 aliphatic rings. The van der Waals surface area contributed by atoms with Crippen LogP contribution in [0, 0.1) is 6.92 Å². The van der Waals surface area contributed by atoms with Crippen LogP contribution in [0.3, 0.4) is 0 Å². The number of pyridine rings is 1. The Labute approximate surface area is 119 Å². The molecular weight excluding hydrogens is 246 g/mol. The Balaban J connectivity index is 2.34. The number of rotatable bonds is 1. The molecule has 0 spiro atoms. The van der Waals surface area contributed by atoms with Gasteiger partial charge < -0.3 is 0 Å². The maximum Gasteiger partial charge on any atom is 0.164 e. The lowest BCUT2D eigenvalue weighted by Crippen LogP contribution is -2.18. The van der Waals surface area contributed by atoms with Crippen molar-refractivity contribution in [3.63, 3.8) is 0 Å². The average Bonchev–Trinajstić information content (AvgIpc) is 2.79. The second-order valence-corrected chi connectivity index (χ2v) is 6.20. The lowest BCUT2D eigenvalue weighted by molar-refractivity contribution is 0.538. The fourth-order valence-electron chi connectivity index (χ4n) is 2.35. The number of hydrogen-bond donors (Lipinski definition) is 0. The van der Waals surface area contributed by atoms with E-state index in [4.69, 9.17) is 4.98 Å². The topological polar surface area (TPSA) is 30.7 Å². The maximum atomic E-state index is 4.78. The van der Waals surface area contributed by atoms with Crippen molar-refractivity contribution in [2.75, 3.05) is 0 Å². The van der Waals surface area contributed by atoms with Crippen LogP contribution >= 0.6 is 0 Å². The summed E-state index contributed by atoms with van der Waals surface area (Å²) in [5, 5.41) is 0. The van der Waals surface area contributed by atoms with E-state index in [0.717, 1.165) is 22.7 Å². The first-order valence-electron chi connectivity index (χ1n) is 6.88. The Hall–Kier alpha value is -2.16. The summed E-state index contributed by atoms with van der Waals surface area (Å²) in [5.74, 6) is 1.04. The molecule has 0 radical (unpaired) electrons. The van der Waals surface area contributed by atoms with E-state index in [1.807, 2.05) is 18.3 Å².